The van der Waals surface area contributed by atoms with Gasteiger partial charge in [0.2, 0.25) is 0 Å². The molecule has 1 aromatic carbocycles. The Morgan fingerprint density at radius 3 is 2.92 bits per heavy atom. The van der Waals surface area contributed by atoms with Crippen molar-refractivity contribution in [2.24, 2.45) is 0 Å². The molecule has 0 bridgehead atoms. The standard InChI is InChI=1S/C17H16BrNO4S/c1-22-17(21)11-2-3-14(13(18)8-11)23-10-16(20)19-6-4-15-12(9-19)5-7-24-15/h2-3,5,7-8H,4,6,9-10H2,1H3. The van der Waals surface area contributed by atoms with Crippen LogP contribution in [0.3, 0.4) is 0 Å². The monoisotopic (exact) mass is 409 g/mol. The van der Waals surface area contributed by atoms with E-state index in [0.717, 1.165) is 13.0 Å². The van der Waals surface area contributed by atoms with Crippen molar-refractivity contribution >= 4 is 39.1 Å². The molecule has 2 aromatic rings. The second-order valence-electron chi connectivity index (χ2n) is 5.36. The lowest BCUT2D eigenvalue weighted by Gasteiger charge is -2.27. The number of amides is 1. The Morgan fingerprint density at radius 1 is 1.33 bits per heavy atom. The molecular weight excluding hydrogens is 394 g/mol. The summed E-state index contributed by atoms with van der Waals surface area (Å²) in [6, 6.07) is 6.94. The normalized spacial score (nSPS) is 13.3. The summed E-state index contributed by atoms with van der Waals surface area (Å²) in [6.07, 6.45) is 0.899. The Bertz CT molecular complexity index is 774. The van der Waals surface area contributed by atoms with Gasteiger partial charge >= 0.3 is 5.97 Å². The number of fused-ring (bicyclic) bond motifs is 1. The first kappa shape index (κ1) is 17.0. The van der Waals surface area contributed by atoms with E-state index in [1.165, 1.54) is 17.6 Å². The minimum absolute atomic E-state index is 0.0321. The molecule has 0 fully saturated rings. The first-order chi connectivity index (χ1) is 11.6. The molecule has 0 atom stereocenters. The van der Waals surface area contributed by atoms with E-state index >= 15 is 0 Å². The first-order valence-corrected chi connectivity index (χ1v) is 9.09. The molecule has 1 aromatic heterocycles. The zero-order valence-electron chi connectivity index (χ0n) is 13.1. The van der Waals surface area contributed by atoms with E-state index in [0.29, 0.717) is 22.3 Å². The molecule has 1 aliphatic heterocycles. The van der Waals surface area contributed by atoms with Crippen molar-refractivity contribution in [3.05, 3.63) is 50.1 Å². The highest BCUT2D eigenvalue weighted by Gasteiger charge is 2.22. The Kier molecular flexibility index (Phi) is 5.20. The fourth-order valence-corrected chi connectivity index (χ4v) is 3.94. The Morgan fingerprint density at radius 2 is 2.17 bits per heavy atom. The molecule has 0 saturated heterocycles. The third-order valence-electron chi connectivity index (χ3n) is 3.86. The predicted molar refractivity (Wildman–Crippen MR) is 94.4 cm³/mol. The SMILES string of the molecule is COC(=O)c1ccc(OCC(=O)N2CCc3sccc3C2)c(Br)c1. The van der Waals surface area contributed by atoms with Crippen LogP contribution in [0.25, 0.3) is 0 Å². The lowest BCUT2D eigenvalue weighted by atomic mass is 10.1. The molecule has 7 heteroatoms. The van der Waals surface area contributed by atoms with Crippen LogP contribution in [-0.2, 0) is 22.5 Å². The molecule has 0 radical (unpaired) electrons. The highest BCUT2D eigenvalue weighted by atomic mass is 79.9. The fraction of sp³-hybridized carbons (Fsp3) is 0.294. The van der Waals surface area contributed by atoms with E-state index < -0.39 is 5.97 Å². The molecule has 1 aliphatic rings. The van der Waals surface area contributed by atoms with Gasteiger partial charge in [-0.3, -0.25) is 4.79 Å². The zero-order valence-corrected chi connectivity index (χ0v) is 15.5. The number of carbonyl (C=O) groups is 2. The lowest BCUT2D eigenvalue weighted by Crippen LogP contribution is -2.38. The van der Waals surface area contributed by atoms with Gasteiger partial charge in [0.15, 0.2) is 6.61 Å². The summed E-state index contributed by atoms with van der Waals surface area (Å²) in [5.74, 6) is 0.0539. The minimum atomic E-state index is -0.418. The van der Waals surface area contributed by atoms with Gasteiger partial charge in [-0.1, -0.05) is 0 Å². The van der Waals surface area contributed by atoms with Gasteiger partial charge < -0.3 is 14.4 Å². The summed E-state index contributed by atoms with van der Waals surface area (Å²) in [4.78, 5) is 27.0. The van der Waals surface area contributed by atoms with Gasteiger partial charge in [0.1, 0.15) is 5.75 Å². The average molecular weight is 410 g/mol. The van der Waals surface area contributed by atoms with Crippen LogP contribution in [0.5, 0.6) is 5.75 Å². The zero-order chi connectivity index (χ0) is 17.1. The van der Waals surface area contributed by atoms with E-state index in [9.17, 15) is 9.59 Å². The van der Waals surface area contributed by atoms with Gasteiger partial charge in [-0.25, -0.2) is 4.79 Å². The predicted octanol–water partition coefficient (Wildman–Crippen LogP) is 3.26. The van der Waals surface area contributed by atoms with Gasteiger partial charge in [0, 0.05) is 18.0 Å². The Balaban J connectivity index is 1.60. The van der Waals surface area contributed by atoms with Gasteiger partial charge in [0.25, 0.3) is 5.91 Å². The second-order valence-corrected chi connectivity index (χ2v) is 7.21. The number of rotatable bonds is 4. The summed E-state index contributed by atoms with van der Waals surface area (Å²) in [7, 11) is 1.33. The topological polar surface area (TPSA) is 55.8 Å². The molecule has 2 heterocycles. The van der Waals surface area contributed by atoms with E-state index in [4.69, 9.17) is 4.74 Å². The molecule has 0 saturated carbocycles. The molecule has 24 heavy (non-hydrogen) atoms. The molecule has 0 aliphatic carbocycles. The number of hydrogen-bond donors (Lipinski definition) is 0. The Hall–Kier alpha value is -1.86. The van der Waals surface area contributed by atoms with Gasteiger partial charge in [-0.05, 0) is 57.6 Å². The van der Waals surface area contributed by atoms with Crippen molar-refractivity contribution < 1.29 is 19.1 Å². The summed E-state index contributed by atoms with van der Waals surface area (Å²) in [5, 5.41) is 2.06. The van der Waals surface area contributed by atoms with Crippen LogP contribution in [0.4, 0.5) is 0 Å². The molecule has 5 nitrogen and oxygen atoms in total. The molecular formula is C17H16BrNO4S. The molecule has 0 spiro atoms. The van der Waals surface area contributed by atoms with Crippen LogP contribution in [0, 0.1) is 0 Å². The van der Waals surface area contributed by atoms with Crippen molar-refractivity contribution in [1.82, 2.24) is 4.90 Å². The molecule has 126 valence electrons. The third-order valence-corrected chi connectivity index (χ3v) is 5.51. The smallest absolute Gasteiger partial charge is 0.337 e. The number of hydrogen-bond acceptors (Lipinski definition) is 5. The van der Waals surface area contributed by atoms with Crippen LogP contribution in [-0.4, -0.2) is 37.0 Å². The van der Waals surface area contributed by atoms with E-state index in [1.807, 2.05) is 4.90 Å². The van der Waals surface area contributed by atoms with Crippen LogP contribution in [0.2, 0.25) is 0 Å². The number of thiophene rings is 1. The van der Waals surface area contributed by atoms with Crippen molar-refractivity contribution in [2.45, 2.75) is 13.0 Å². The van der Waals surface area contributed by atoms with Crippen LogP contribution in [0.15, 0.2) is 34.1 Å². The molecule has 3 rings (SSSR count). The lowest BCUT2D eigenvalue weighted by molar-refractivity contribution is -0.134. The number of nitrogens with zero attached hydrogens (tertiary/aromatic N) is 1. The van der Waals surface area contributed by atoms with E-state index in [1.54, 1.807) is 29.5 Å². The number of benzene rings is 1. The number of ether oxygens (including phenoxy) is 2. The highest BCUT2D eigenvalue weighted by molar-refractivity contribution is 9.10. The maximum Gasteiger partial charge on any atom is 0.337 e. The summed E-state index contributed by atoms with van der Waals surface area (Å²) in [6.45, 7) is 1.33. The molecule has 0 N–H and O–H groups in total. The minimum Gasteiger partial charge on any atom is -0.483 e. The summed E-state index contributed by atoms with van der Waals surface area (Å²) < 4.78 is 10.9. The number of halogens is 1. The number of methoxy groups -OCH3 is 1. The summed E-state index contributed by atoms with van der Waals surface area (Å²) >= 11 is 5.09. The van der Waals surface area contributed by atoms with Gasteiger partial charge in [0.05, 0.1) is 17.1 Å². The van der Waals surface area contributed by atoms with Crippen molar-refractivity contribution in [1.29, 1.82) is 0 Å². The maximum atomic E-state index is 12.4. The maximum absolute atomic E-state index is 12.4. The van der Waals surface area contributed by atoms with Crippen molar-refractivity contribution in [3.8, 4) is 5.75 Å². The van der Waals surface area contributed by atoms with Crippen LogP contribution >= 0.6 is 27.3 Å². The molecule has 0 unspecified atom stereocenters. The Labute approximate surface area is 152 Å². The molecule has 1 amide bonds. The van der Waals surface area contributed by atoms with Gasteiger partial charge in [-0.15, -0.1) is 11.3 Å². The van der Waals surface area contributed by atoms with E-state index in [2.05, 4.69) is 32.1 Å². The quantitative estimate of drug-likeness (QED) is 0.727. The van der Waals surface area contributed by atoms with Crippen LogP contribution < -0.4 is 4.74 Å². The third kappa shape index (κ3) is 3.62. The van der Waals surface area contributed by atoms with Gasteiger partial charge in [-0.2, -0.15) is 0 Å². The second kappa shape index (κ2) is 7.36. The first-order valence-electron chi connectivity index (χ1n) is 7.42. The van der Waals surface area contributed by atoms with Crippen LogP contribution in [0.1, 0.15) is 20.8 Å². The fourth-order valence-electron chi connectivity index (χ4n) is 2.55. The summed E-state index contributed by atoms with van der Waals surface area (Å²) in [5.41, 5.74) is 1.65. The van der Waals surface area contributed by atoms with Crippen molar-refractivity contribution in [3.63, 3.8) is 0 Å². The number of esters is 1. The number of carbonyl (C=O) groups excluding carboxylic acids is 2. The van der Waals surface area contributed by atoms with Crippen molar-refractivity contribution in [2.75, 3.05) is 20.3 Å². The highest BCUT2D eigenvalue weighted by Crippen LogP contribution is 2.27. The van der Waals surface area contributed by atoms with E-state index in [-0.39, 0.29) is 12.5 Å². The largest absolute Gasteiger partial charge is 0.483 e. The average Bonchev–Trinajstić information content (AvgIpc) is 3.07.